The van der Waals surface area contributed by atoms with Crippen LogP contribution in [0.2, 0.25) is 0 Å². The topological polar surface area (TPSA) is 101 Å². The van der Waals surface area contributed by atoms with Crippen molar-refractivity contribution in [3.05, 3.63) is 35.1 Å². The average molecular weight is 705 g/mol. The van der Waals surface area contributed by atoms with E-state index in [1.807, 2.05) is 0 Å². The fourth-order valence-corrected chi connectivity index (χ4v) is 13.4. The van der Waals surface area contributed by atoms with E-state index in [9.17, 15) is 29.0 Å². The Kier molecular flexibility index (Phi) is 9.37. The normalized spacial score (nSPS) is 39.7. The number of benzene rings is 1. The summed E-state index contributed by atoms with van der Waals surface area (Å²) in [5.41, 5.74) is -0.911. The monoisotopic (exact) mass is 704 g/mol. The standard InChI is InChI=1S/C44H61FO6/c1-26(2)29-15-21-44(20-14-27-24-28(45)10-11-30(27)37(47)48)23-22-42(8)31(36(29)44)12-13-33-41(7)18-17-34(51-35(46)25-39(3,4)38(49)50)40(5,6)32(41)16-19-43(33,42)9/h10-11,24,26,29,31-34,36H,12-13,15-19,21-23,25H2,1-9H3,(H,47,48)(H,49,50)/t29?,31?,32?,33?,34-,36?,41-,42+,43+,44?/m0/s1. The Morgan fingerprint density at radius 1 is 0.902 bits per heavy atom. The molecule has 5 fully saturated rings. The van der Waals surface area contributed by atoms with Gasteiger partial charge in [-0.05, 0) is 148 Å². The molecular weight excluding hydrogens is 643 g/mol. The van der Waals surface area contributed by atoms with E-state index in [1.165, 1.54) is 18.2 Å². The van der Waals surface area contributed by atoms with E-state index in [0.717, 1.165) is 64.2 Å². The summed E-state index contributed by atoms with van der Waals surface area (Å²) in [7, 11) is 0. The minimum absolute atomic E-state index is 0.0606. The number of rotatable bonds is 6. The number of carbonyl (C=O) groups is 3. The maximum absolute atomic E-state index is 14.3. The van der Waals surface area contributed by atoms with Gasteiger partial charge in [0.05, 0.1) is 17.4 Å². The van der Waals surface area contributed by atoms with E-state index in [4.69, 9.17) is 4.74 Å². The molecule has 0 heterocycles. The summed E-state index contributed by atoms with van der Waals surface area (Å²) in [6, 6.07) is 3.81. The largest absolute Gasteiger partial charge is 0.481 e. The summed E-state index contributed by atoms with van der Waals surface area (Å²) in [5.74, 6) is 6.91. The van der Waals surface area contributed by atoms with Crippen molar-refractivity contribution in [1.29, 1.82) is 0 Å². The first-order valence-corrected chi connectivity index (χ1v) is 19.6. The number of esters is 1. The molecule has 2 N–H and O–H groups in total. The van der Waals surface area contributed by atoms with E-state index < -0.39 is 29.1 Å². The number of aromatic carboxylic acids is 1. The van der Waals surface area contributed by atoms with Gasteiger partial charge in [-0.25, -0.2) is 9.18 Å². The van der Waals surface area contributed by atoms with Crippen molar-refractivity contribution in [2.75, 3.05) is 0 Å². The Morgan fingerprint density at radius 3 is 2.25 bits per heavy atom. The van der Waals surface area contributed by atoms with Crippen LogP contribution in [-0.2, 0) is 14.3 Å². The molecule has 5 aliphatic carbocycles. The molecule has 5 aliphatic rings. The molecule has 0 amide bonds. The number of hydrogen-bond acceptors (Lipinski definition) is 4. The van der Waals surface area contributed by atoms with Gasteiger partial charge in [0, 0.05) is 16.4 Å². The summed E-state index contributed by atoms with van der Waals surface area (Å²) >= 11 is 0. The fraction of sp³-hybridized carbons (Fsp3) is 0.750. The highest BCUT2D eigenvalue weighted by atomic mass is 19.1. The van der Waals surface area contributed by atoms with Crippen LogP contribution in [0.3, 0.4) is 0 Å². The number of carboxylic acids is 2. The number of hydrogen-bond donors (Lipinski definition) is 2. The van der Waals surface area contributed by atoms with Crippen molar-refractivity contribution in [3.63, 3.8) is 0 Å². The minimum atomic E-state index is -1.16. The predicted octanol–water partition coefficient (Wildman–Crippen LogP) is 10.0. The number of fused-ring (bicyclic) bond motifs is 7. The first-order valence-electron chi connectivity index (χ1n) is 19.6. The zero-order valence-electron chi connectivity index (χ0n) is 32.5. The van der Waals surface area contributed by atoms with Crippen LogP contribution in [0.4, 0.5) is 4.39 Å². The number of carbonyl (C=O) groups excluding carboxylic acids is 1. The Hall–Kier alpha value is -2.88. The second kappa shape index (κ2) is 12.6. The molecule has 7 heteroatoms. The molecular formula is C44H61FO6. The van der Waals surface area contributed by atoms with Crippen LogP contribution in [0.25, 0.3) is 0 Å². The van der Waals surface area contributed by atoms with Crippen LogP contribution >= 0.6 is 0 Å². The summed E-state index contributed by atoms with van der Waals surface area (Å²) in [4.78, 5) is 36.8. The molecule has 0 aromatic heterocycles. The number of carboxylic acid groups (broad SMARTS) is 2. The third kappa shape index (κ3) is 5.84. The zero-order valence-corrected chi connectivity index (χ0v) is 32.5. The van der Waals surface area contributed by atoms with Crippen LogP contribution in [0.5, 0.6) is 0 Å². The lowest BCUT2D eigenvalue weighted by atomic mass is 9.32. The number of aliphatic carboxylic acids is 1. The second-order valence-corrected chi connectivity index (χ2v) is 19.7. The van der Waals surface area contributed by atoms with Gasteiger partial charge in [0.2, 0.25) is 0 Å². The van der Waals surface area contributed by atoms with Gasteiger partial charge >= 0.3 is 17.9 Å². The number of halogens is 1. The van der Waals surface area contributed by atoms with Crippen molar-refractivity contribution in [2.45, 2.75) is 139 Å². The van der Waals surface area contributed by atoms with Crippen molar-refractivity contribution < 1.29 is 33.7 Å². The van der Waals surface area contributed by atoms with Gasteiger partial charge in [0.1, 0.15) is 11.9 Å². The molecule has 0 spiro atoms. The molecule has 5 saturated carbocycles. The van der Waals surface area contributed by atoms with Gasteiger partial charge in [-0.1, -0.05) is 60.3 Å². The Balaban J connectivity index is 1.30. The maximum atomic E-state index is 14.3. The molecule has 0 saturated heterocycles. The maximum Gasteiger partial charge on any atom is 0.336 e. The molecule has 0 bridgehead atoms. The summed E-state index contributed by atoms with van der Waals surface area (Å²) in [5, 5.41) is 19.4. The van der Waals surface area contributed by atoms with Gasteiger partial charge in [0.25, 0.3) is 0 Å². The third-order valence-electron chi connectivity index (χ3n) is 16.4. The Morgan fingerprint density at radius 2 is 1.61 bits per heavy atom. The minimum Gasteiger partial charge on any atom is -0.481 e. The molecule has 51 heavy (non-hydrogen) atoms. The molecule has 0 radical (unpaired) electrons. The quantitative estimate of drug-likeness (QED) is 0.226. The molecule has 280 valence electrons. The lowest BCUT2D eigenvalue weighted by Crippen LogP contribution is -2.66. The first-order chi connectivity index (χ1) is 23.6. The molecule has 6 rings (SSSR count). The molecule has 10 atom stereocenters. The van der Waals surface area contributed by atoms with Gasteiger partial charge in [0.15, 0.2) is 0 Å². The van der Waals surface area contributed by atoms with Crippen molar-refractivity contribution in [2.24, 2.45) is 68.0 Å². The lowest BCUT2D eigenvalue weighted by Gasteiger charge is -2.72. The molecule has 1 aromatic carbocycles. The Bertz CT molecular complexity index is 1650. The molecule has 6 nitrogen and oxygen atoms in total. The average Bonchev–Trinajstić information content (AvgIpc) is 3.41. The van der Waals surface area contributed by atoms with Crippen molar-refractivity contribution >= 4 is 17.9 Å². The van der Waals surface area contributed by atoms with Crippen LogP contribution < -0.4 is 0 Å². The van der Waals surface area contributed by atoms with E-state index in [2.05, 4.69) is 60.3 Å². The van der Waals surface area contributed by atoms with Crippen LogP contribution in [-0.4, -0.2) is 34.2 Å². The summed E-state index contributed by atoms with van der Waals surface area (Å²) < 4.78 is 20.5. The SMILES string of the molecule is CC(C)C1CCC2(C#Cc3cc(F)ccc3C(=O)O)CC[C@]3(C)C(CCC4[C@@]5(C)CC[C@H](OC(=O)CC(C)(C)C(=O)O)C(C)(C)C5CC[C@]43C)C12. The third-order valence-corrected chi connectivity index (χ3v) is 16.4. The van der Waals surface area contributed by atoms with Gasteiger partial charge in [-0.2, -0.15) is 0 Å². The first kappa shape index (κ1) is 37.9. The Labute approximate surface area is 305 Å². The van der Waals surface area contributed by atoms with Crippen LogP contribution in [0.15, 0.2) is 18.2 Å². The fourth-order valence-electron chi connectivity index (χ4n) is 13.4. The van der Waals surface area contributed by atoms with Gasteiger partial charge < -0.3 is 14.9 Å². The van der Waals surface area contributed by atoms with E-state index in [0.29, 0.717) is 35.5 Å². The van der Waals surface area contributed by atoms with E-state index in [1.54, 1.807) is 13.8 Å². The van der Waals surface area contributed by atoms with Gasteiger partial charge in [-0.15, -0.1) is 0 Å². The molecule has 6 unspecified atom stereocenters. The summed E-state index contributed by atoms with van der Waals surface area (Å²) in [6.45, 7) is 20.1. The van der Waals surface area contributed by atoms with E-state index in [-0.39, 0.29) is 50.7 Å². The zero-order chi connectivity index (χ0) is 37.5. The van der Waals surface area contributed by atoms with Crippen molar-refractivity contribution in [1.82, 2.24) is 0 Å². The molecule has 1 aromatic rings. The molecule has 0 aliphatic heterocycles. The highest BCUT2D eigenvalue weighted by Crippen LogP contribution is 2.77. The number of ether oxygens (including phenoxy) is 1. The van der Waals surface area contributed by atoms with Crippen LogP contribution in [0.1, 0.15) is 149 Å². The van der Waals surface area contributed by atoms with E-state index >= 15 is 0 Å². The van der Waals surface area contributed by atoms with Gasteiger partial charge in [-0.3, -0.25) is 9.59 Å². The highest BCUT2D eigenvalue weighted by Gasteiger charge is 2.71. The second-order valence-electron chi connectivity index (χ2n) is 19.7. The van der Waals surface area contributed by atoms with Crippen LogP contribution in [0, 0.1) is 85.7 Å². The lowest BCUT2D eigenvalue weighted by molar-refractivity contribution is -0.248. The highest BCUT2D eigenvalue weighted by molar-refractivity contribution is 5.90. The smallest absolute Gasteiger partial charge is 0.336 e. The van der Waals surface area contributed by atoms with Crippen molar-refractivity contribution in [3.8, 4) is 11.8 Å². The predicted molar refractivity (Wildman–Crippen MR) is 195 cm³/mol. The summed E-state index contributed by atoms with van der Waals surface area (Å²) in [6.07, 6.45) is 10.1.